The molecule has 4 nitrogen and oxygen atoms in total. The summed E-state index contributed by atoms with van der Waals surface area (Å²) in [6.45, 7) is 0.399. The number of nitrogens with zero attached hydrogens (tertiary/aromatic N) is 1. The quantitative estimate of drug-likeness (QED) is 0.229. The minimum atomic E-state index is -2.65. The fourth-order valence-electron chi connectivity index (χ4n) is 2.40. The van der Waals surface area contributed by atoms with Crippen molar-refractivity contribution in [2.45, 2.75) is 24.8 Å². The van der Waals surface area contributed by atoms with Gasteiger partial charge in [-0.15, -0.1) is 0 Å². The van der Waals surface area contributed by atoms with Gasteiger partial charge in [-0.05, 0) is 37.0 Å². The van der Waals surface area contributed by atoms with E-state index in [0.29, 0.717) is 18.2 Å². The summed E-state index contributed by atoms with van der Waals surface area (Å²) in [5.74, 6) is -2.88. The maximum Gasteiger partial charge on any atom is 0.275 e. The summed E-state index contributed by atoms with van der Waals surface area (Å²) in [6, 6.07) is 8.45. The Bertz CT molecular complexity index is 760. The second-order valence-electron chi connectivity index (χ2n) is 6.09. The minimum absolute atomic E-state index is 0.107. The molecule has 2 atom stereocenters. The highest BCUT2D eigenvalue weighted by Gasteiger charge is 2.53. The van der Waals surface area contributed by atoms with E-state index < -0.39 is 22.9 Å². The number of anilines is 1. The lowest BCUT2D eigenvalue weighted by Gasteiger charge is -2.38. The molecule has 1 aromatic rings. The summed E-state index contributed by atoms with van der Waals surface area (Å²) in [5, 5.41) is -0.432. The highest BCUT2D eigenvalue weighted by atomic mass is 127. The van der Waals surface area contributed by atoms with Crippen molar-refractivity contribution in [3.63, 3.8) is 0 Å². The minimum Gasteiger partial charge on any atom is -0.273 e. The Hall–Kier alpha value is -0.710. The number of amides is 1. The van der Waals surface area contributed by atoms with Crippen molar-refractivity contribution >= 4 is 62.0 Å². The van der Waals surface area contributed by atoms with E-state index in [4.69, 9.17) is 16.4 Å². The van der Waals surface area contributed by atoms with Gasteiger partial charge in [0.2, 0.25) is 0 Å². The fourth-order valence-corrected chi connectivity index (χ4v) is 4.26. The van der Waals surface area contributed by atoms with Crippen molar-refractivity contribution in [2.24, 2.45) is 5.92 Å². The van der Waals surface area contributed by atoms with Gasteiger partial charge in [0, 0.05) is 10.2 Å². The Morgan fingerprint density at radius 1 is 1.42 bits per heavy atom. The van der Waals surface area contributed by atoms with Gasteiger partial charge in [-0.1, -0.05) is 45.7 Å². The van der Waals surface area contributed by atoms with E-state index in [1.54, 1.807) is 53.2 Å². The van der Waals surface area contributed by atoms with Crippen LogP contribution in [-0.2, 0) is 9.63 Å². The first-order valence-electron chi connectivity index (χ1n) is 7.89. The lowest BCUT2D eigenvalue weighted by Crippen LogP contribution is -2.50. The molecule has 3 rings (SSSR count). The third-order valence-corrected chi connectivity index (χ3v) is 6.58. The summed E-state index contributed by atoms with van der Waals surface area (Å²) in [5.41, 5.74) is 2.58. The Kier molecular flexibility index (Phi) is 6.25. The molecule has 1 saturated carbocycles. The van der Waals surface area contributed by atoms with Crippen molar-refractivity contribution in [2.75, 3.05) is 9.72 Å². The number of rotatable bonds is 6. The summed E-state index contributed by atoms with van der Waals surface area (Å²) < 4.78 is 31.5. The normalized spacial score (nSPS) is 25.7. The number of benzene rings is 1. The summed E-state index contributed by atoms with van der Waals surface area (Å²) in [6.07, 6.45) is 1.05. The number of carbonyl (C=O) groups is 1. The van der Waals surface area contributed by atoms with Crippen LogP contribution < -0.4 is 8.59 Å². The molecule has 1 fully saturated rings. The molecule has 2 aliphatic rings. The van der Waals surface area contributed by atoms with Crippen LogP contribution in [-0.4, -0.2) is 24.5 Å². The Morgan fingerprint density at radius 3 is 2.69 bits per heavy atom. The van der Waals surface area contributed by atoms with Crippen LogP contribution in [0, 0.1) is 5.92 Å². The molecule has 0 heterocycles. The molecule has 0 spiro atoms. The second kappa shape index (κ2) is 8.12. The molecule has 26 heavy (non-hydrogen) atoms. The van der Waals surface area contributed by atoms with Crippen LogP contribution in [0.2, 0.25) is 0 Å². The molecule has 0 bridgehead atoms. The maximum absolute atomic E-state index is 15.6. The van der Waals surface area contributed by atoms with Crippen LogP contribution in [0.15, 0.2) is 51.5 Å². The maximum atomic E-state index is 15.6. The molecule has 1 aromatic carbocycles. The van der Waals surface area contributed by atoms with Crippen LogP contribution >= 0.6 is 50.4 Å². The van der Waals surface area contributed by atoms with Crippen LogP contribution in [0.25, 0.3) is 0 Å². The predicted octanol–water partition coefficient (Wildman–Crippen LogP) is 5.09. The van der Waals surface area contributed by atoms with Gasteiger partial charge in [0.15, 0.2) is 6.17 Å². The largest absolute Gasteiger partial charge is 0.275 e. The first kappa shape index (κ1) is 20.0. The number of nitrogens with one attached hydrogen (secondary N) is 1. The highest BCUT2D eigenvalue weighted by Crippen LogP contribution is 2.47. The number of hydroxylamine groups is 1. The highest BCUT2D eigenvalue weighted by molar-refractivity contribution is 14.1. The van der Waals surface area contributed by atoms with Crippen LogP contribution in [0.3, 0.4) is 0 Å². The van der Waals surface area contributed by atoms with Gasteiger partial charge in [-0.3, -0.25) is 12.7 Å². The van der Waals surface area contributed by atoms with Crippen LogP contribution in [0.1, 0.15) is 12.8 Å². The zero-order valence-corrected chi connectivity index (χ0v) is 17.9. The summed E-state index contributed by atoms with van der Waals surface area (Å²) >= 11 is 10.8. The Labute approximate surface area is 177 Å². The lowest BCUT2D eigenvalue weighted by atomic mass is 9.97. The van der Waals surface area contributed by atoms with Crippen molar-refractivity contribution in [3.05, 3.63) is 51.5 Å². The van der Waals surface area contributed by atoms with Gasteiger partial charge in [-0.25, -0.2) is 14.3 Å². The van der Waals surface area contributed by atoms with E-state index in [1.165, 1.54) is 0 Å². The molecule has 2 aliphatic carbocycles. The molecule has 0 saturated heterocycles. The first-order chi connectivity index (χ1) is 12.4. The van der Waals surface area contributed by atoms with Crippen molar-refractivity contribution in [1.82, 2.24) is 5.48 Å². The number of halogens is 5. The molecule has 140 valence electrons. The molecule has 0 aromatic heterocycles. The zero-order chi connectivity index (χ0) is 18.9. The van der Waals surface area contributed by atoms with E-state index in [2.05, 4.69) is 21.4 Å². The molecule has 1 N–H and O–H groups in total. The summed E-state index contributed by atoms with van der Waals surface area (Å²) in [7, 11) is 0. The Morgan fingerprint density at radius 2 is 2.08 bits per heavy atom. The van der Waals surface area contributed by atoms with Crippen LogP contribution in [0.4, 0.5) is 14.5 Å². The zero-order valence-electron chi connectivity index (χ0n) is 13.4. The van der Waals surface area contributed by atoms with E-state index in [1.807, 2.05) is 0 Å². The SMILES string of the molecule is O=C(NOCC1CC1)C1=C(Br)C(F)C(F)(N(I)c2ccccc2)C(Cl)=C1. The van der Waals surface area contributed by atoms with Crippen molar-refractivity contribution in [3.8, 4) is 0 Å². The van der Waals surface area contributed by atoms with Gasteiger partial charge < -0.3 is 0 Å². The predicted molar refractivity (Wildman–Crippen MR) is 108 cm³/mol. The van der Waals surface area contributed by atoms with E-state index in [0.717, 1.165) is 22.0 Å². The number of alkyl halides is 2. The van der Waals surface area contributed by atoms with Gasteiger partial charge in [0.1, 0.15) is 0 Å². The van der Waals surface area contributed by atoms with Gasteiger partial charge in [-0.2, -0.15) is 0 Å². The van der Waals surface area contributed by atoms with Gasteiger partial charge >= 0.3 is 0 Å². The fraction of sp³-hybridized carbons (Fsp3) is 0.353. The van der Waals surface area contributed by atoms with E-state index in [-0.39, 0.29) is 10.1 Å². The average Bonchev–Trinajstić information content (AvgIpc) is 3.47. The van der Waals surface area contributed by atoms with Crippen molar-refractivity contribution < 1.29 is 18.4 Å². The molecule has 0 aliphatic heterocycles. The monoisotopic (exact) mass is 558 g/mol. The van der Waals surface area contributed by atoms with Gasteiger partial charge in [0.25, 0.3) is 11.7 Å². The molecular weight excluding hydrogens is 544 g/mol. The standard InChI is InChI=1S/C17H15BrClF2IN2O2/c18-14-12(16(25)23-26-9-10-6-7-10)8-13(19)17(21,15(14)20)24(22)11-4-2-1-3-5-11/h1-5,8,10,15H,6-7,9H2,(H,23,25). The van der Waals surface area contributed by atoms with Crippen LogP contribution in [0.5, 0.6) is 0 Å². The second-order valence-corrected chi connectivity index (χ2v) is 8.32. The van der Waals surface area contributed by atoms with E-state index >= 15 is 8.78 Å². The molecule has 9 heteroatoms. The number of carbonyl (C=O) groups excluding carboxylic acids is 1. The Balaban J connectivity index is 1.80. The number of hydrogen-bond donors (Lipinski definition) is 1. The lowest BCUT2D eigenvalue weighted by molar-refractivity contribution is -0.129. The molecule has 1 amide bonds. The molecule has 2 unspecified atom stereocenters. The van der Waals surface area contributed by atoms with Gasteiger partial charge in [0.05, 0.1) is 40.1 Å². The number of hydrogen-bond acceptors (Lipinski definition) is 3. The smallest absolute Gasteiger partial charge is 0.273 e. The average molecular weight is 560 g/mol. The summed E-state index contributed by atoms with van der Waals surface area (Å²) in [4.78, 5) is 17.3. The van der Waals surface area contributed by atoms with E-state index in [9.17, 15) is 4.79 Å². The molecule has 0 radical (unpaired) electrons. The topological polar surface area (TPSA) is 41.6 Å². The van der Waals surface area contributed by atoms with Crippen molar-refractivity contribution in [1.29, 1.82) is 0 Å². The molecular formula is C17H15BrClF2IN2O2. The third-order valence-electron chi connectivity index (χ3n) is 4.12. The third kappa shape index (κ3) is 3.93. The first-order valence-corrected chi connectivity index (χ1v) is 10.0. The number of para-hydroxylation sites is 1.